The number of nitrogens with one attached hydrogen (secondary N) is 1. The molecule has 1 aromatic heterocycles. The zero-order chi connectivity index (χ0) is 13.4. The lowest BCUT2D eigenvalue weighted by molar-refractivity contribution is 0.399. The molecule has 6 nitrogen and oxygen atoms in total. The van der Waals surface area contributed by atoms with E-state index in [2.05, 4.69) is 9.71 Å². The van der Waals surface area contributed by atoms with Crippen molar-refractivity contribution in [3.05, 3.63) is 12.0 Å². The molecule has 0 radical (unpaired) electrons. The number of aromatic nitrogens is 2. The van der Waals surface area contributed by atoms with Crippen molar-refractivity contribution in [2.24, 2.45) is 12.8 Å². The van der Waals surface area contributed by atoms with Gasteiger partial charge in [0, 0.05) is 25.3 Å². The molecular weight excluding hydrogens is 288 g/mol. The Morgan fingerprint density at radius 2 is 2.05 bits per heavy atom. The van der Waals surface area contributed by atoms with Crippen LogP contribution in [0, 0.1) is 6.92 Å². The maximum atomic E-state index is 12.3. The van der Waals surface area contributed by atoms with Crippen molar-refractivity contribution in [2.45, 2.75) is 43.2 Å². The number of imidazole rings is 1. The molecule has 1 fully saturated rings. The first-order valence-electron chi connectivity index (χ1n) is 6.13. The van der Waals surface area contributed by atoms with Gasteiger partial charge < -0.3 is 10.3 Å². The van der Waals surface area contributed by atoms with Gasteiger partial charge in [0.1, 0.15) is 5.82 Å². The van der Waals surface area contributed by atoms with Crippen LogP contribution in [0.3, 0.4) is 0 Å². The van der Waals surface area contributed by atoms with E-state index in [0.717, 1.165) is 25.7 Å². The highest BCUT2D eigenvalue weighted by molar-refractivity contribution is 7.89. The third-order valence-corrected chi connectivity index (χ3v) is 5.11. The molecule has 0 amide bonds. The molecule has 1 aliphatic carbocycles. The molecule has 0 atom stereocenters. The van der Waals surface area contributed by atoms with Gasteiger partial charge in [-0.15, -0.1) is 12.4 Å². The van der Waals surface area contributed by atoms with Gasteiger partial charge in [-0.25, -0.2) is 18.1 Å². The number of nitrogens with zero attached hydrogens (tertiary/aromatic N) is 2. The number of halogens is 1. The highest BCUT2D eigenvalue weighted by Gasteiger charge is 2.37. The number of rotatable bonds is 4. The first-order chi connectivity index (χ1) is 8.38. The monoisotopic (exact) mass is 308 g/mol. The Morgan fingerprint density at radius 1 is 1.47 bits per heavy atom. The molecule has 1 saturated carbocycles. The smallest absolute Gasteiger partial charge is 0.260 e. The summed E-state index contributed by atoms with van der Waals surface area (Å²) in [5.74, 6) is 0.670. The molecule has 1 aliphatic rings. The van der Waals surface area contributed by atoms with Crippen LogP contribution in [0.2, 0.25) is 0 Å². The van der Waals surface area contributed by atoms with Crippen LogP contribution in [0.25, 0.3) is 0 Å². The van der Waals surface area contributed by atoms with Crippen molar-refractivity contribution in [3.8, 4) is 0 Å². The molecule has 2 rings (SSSR count). The highest BCUT2D eigenvalue weighted by Crippen LogP contribution is 2.30. The zero-order valence-corrected chi connectivity index (χ0v) is 12.9. The molecule has 8 heteroatoms. The minimum atomic E-state index is -3.58. The number of aryl methyl sites for hydroxylation is 2. The number of nitrogens with two attached hydrogens (primary N) is 1. The third-order valence-electron chi connectivity index (χ3n) is 3.66. The average molecular weight is 309 g/mol. The van der Waals surface area contributed by atoms with Crippen molar-refractivity contribution < 1.29 is 8.42 Å². The van der Waals surface area contributed by atoms with Crippen molar-refractivity contribution in [2.75, 3.05) is 6.54 Å². The van der Waals surface area contributed by atoms with Crippen LogP contribution >= 0.6 is 12.4 Å². The summed E-state index contributed by atoms with van der Waals surface area (Å²) in [5, 5.41) is 0.0715. The zero-order valence-electron chi connectivity index (χ0n) is 11.2. The summed E-state index contributed by atoms with van der Waals surface area (Å²) in [6.45, 7) is 2.10. The van der Waals surface area contributed by atoms with Crippen LogP contribution < -0.4 is 10.5 Å². The first kappa shape index (κ1) is 16.4. The summed E-state index contributed by atoms with van der Waals surface area (Å²) >= 11 is 0. The predicted octanol–water partition coefficient (Wildman–Crippen LogP) is 0.700. The Morgan fingerprint density at radius 3 is 2.47 bits per heavy atom. The second-order valence-electron chi connectivity index (χ2n) is 5.03. The standard InChI is InChI=1S/C11H20N4O2S.ClH/c1-9-13-10(7-15(9)2)18(16,17)14-11(8-12)5-3-4-6-11;/h7,14H,3-6,8,12H2,1-2H3;1H. The highest BCUT2D eigenvalue weighted by atomic mass is 35.5. The summed E-state index contributed by atoms with van der Waals surface area (Å²) in [6.07, 6.45) is 5.15. The van der Waals surface area contributed by atoms with E-state index in [1.807, 2.05) is 0 Å². The van der Waals surface area contributed by atoms with Crippen LogP contribution in [0.1, 0.15) is 31.5 Å². The average Bonchev–Trinajstić information content (AvgIpc) is 2.88. The third kappa shape index (κ3) is 3.28. The molecule has 0 spiro atoms. The topological polar surface area (TPSA) is 90.0 Å². The van der Waals surface area contributed by atoms with Crippen LogP contribution in [0.4, 0.5) is 0 Å². The molecule has 3 N–H and O–H groups in total. The number of hydrogen-bond donors (Lipinski definition) is 2. The van der Waals surface area contributed by atoms with Gasteiger partial charge in [-0.05, 0) is 19.8 Å². The van der Waals surface area contributed by atoms with Gasteiger partial charge in [0.05, 0.1) is 0 Å². The molecule has 110 valence electrons. The fourth-order valence-corrected chi connectivity index (χ4v) is 3.90. The van der Waals surface area contributed by atoms with Crippen LogP contribution in [0.5, 0.6) is 0 Å². The molecule has 0 aliphatic heterocycles. The van der Waals surface area contributed by atoms with Gasteiger partial charge in [-0.1, -0.05) is 12.8 Å². The van der Waals surface area contributed by atoms with Crippen LogP contribution in [-0.4, -0.2) is 30.1 Å². The molecule has 1 heterocycles. The lowest BCUT2D eigenvalue weighted by Gasteiger charge is -2.27. The van der Waals surface area contributed by atoms with Crippen molar-refractivity contribution in [1.29, 1.82) is 0 Å². The summed E-state index contributed by atoms with van der Waals surface area (Å²) < 4.78 is 29.0. The summed E-state index contributed by atoms with van der Waals surface area (Å²) in [4.78, 5) is 4.06. The molecule has 0 aromatic carbocycles. The van der Waals surface area contributed by atoms with E-state index in [1.165, 1.54) is 6.20 Å². The molecular formula is C11H21ClN4O2S. The maximum Gasteiger partial charge on any atom is 0.260 e. The van der Waals surface area contributed by atoms with Gasteiger partial charge in [-0.2, -0.15) is 0 Å². The molecule has 0 unspecified atom stereocenters. The van der Waals surface area contributed by atoms with Crippen LogP contribution in [0.15, 0.2) is 11.2 Å². The van der Waals surface area contributed by atoms with E-state index in [1.54, 1.807) is 18.5 Å². The lowest BCUT2D eigenvalue weighted by atomic mass is 10.0. The second kappa shape index (κ2) is 5.78. The summed E-state index contributed by atoms with van der Waals surface area (Å²) in [6, 6.07) is 0. The fourth-order valence-electron chi connectivity index (χ4n) is 2.39. The Labute approximate surface area is 120 Å². The van der Waals surface area contributed by atoms with Crippen molar-refractivity contribution in [1.82, 2.24) is 14.3 Å². The predicted molar refractivity (Wildman–Crippen MR) is 75.8 cm³/mol. The molecule has 0 saturated heterocycles. The van der Waals surface area contributed by atoms with Gasteiger partial charge >= 0.3 is 0 Å². The Kier molecular flexibility index (Phi) is 5.00. The fraction of sp³-hybridized carbons (Fsp3) is 0.727. The maximum absolute atomic E-state index is 12.3. The van der Waals surface area contributed by atoms with Crippen LogP contribution in [-0.2, 0) is 17.1 Å². The van der Waals surface area contributed by atoms with E-state index in [4.69, 9.17) is 5.73 Å². The minimum Gasteiger partial charge on any atom is -0.337 e. The van der Waals surface area contributed by atoms with E-state index in [9.17, 15) is 8.42 Å². The van der Waals surface area contributed by atoms with Crippen molar-refractivity contribution in [3.63, 3.8) is 0 Å². The normalized spacial score (nSPS) is 18.3. The largest absolute Gasteiger partial charge is 0.337 e. The lowest BCUT2D eigenvalue weighted by Crippen LogP contribution is -2.51. The summed E-state index contributed by atoms with van der Waals surface area (Å²) in [7, 11) is -1.80. The van der Waals surface area contributed by atoms with Crippen molar-refractivity contribution >= 4 is 22.4 Å². The number of hydrogen-bond acceptors (Lipinski definition) is 4. The van der Waals surface area contributed by atoms with Gasteiger partial charge in [0.25, 0.3) is 10.0 Å². The van der Waals surface area contributed by atoms with E-state index in [0.29, 0.717) is 12.4 Å². The van der Waals surface area contributed by atoms with Gasteiger partial charge in [0.2, 0.25) is 0 Å². The first-order valence-corrected chi connectivity index (χ1v) is 7.61. The molecule has 0 bridgehead atoms. The second-order valence-corrected chi connectivity index (χ2v) is 6.66. The molecule has 19 heavy (non-hydrogen) atoms. The van der Waals surface area contributed by atoms with E-state index in [-0.39, 0.29) is 17.4 Å². The Hall–Kier alpha value is -0.630. The van der Waals surface area contributed by atoms with Gasteiger partial charge in [-0.3, -0.25) is 0 Å². The Bertz CT molecular complexity index is 515. The minimum absolute atomic E-state index is 0. The number of sulfonamides is 1. The quantitative estimate of drug-likeness (QED) is 0.857. The molecule has 1 aromatic rings. The van der Waals surface area contributed by atoms with Gasteiger partial charge in [0.15, 0.2) is 5.03 Å². The Balaban J connectivity index is 0.00000180. The van der Waals surface area contributed by atoms with E-state index < -0.39 is 15.6 Å². The van der Waals surface area contributed by atoms with E-state index >= 15 is 0 Å². The SMILES string of the molecule is Cc1nc(S(=O)(=O)NC2(CN)CCCC2)cn1C.Cl. The summed E-state index contributed by atoms with van der Waals surface area (Å²) in [5.41, 5.74) is 5.25.